The van der Waals surface area contributed by atoms with E-state index >= 15 is 0 Å². The van der Waals surface area contributed by atoms with Gasteiger partial charge < -0.3 is 5.11 Å². The number of halogens is 1. The molecular formula is C12H15IO. The van der Waals surface area contributed by atoms with Crippen LogP contribution in [0.2, 0.25) is 0 Å². The van der Waals surface area contributed by atoms with E-state index in [1.807, 2.05) is 16.2 Å². The predicted molar refractivity (Wildman–Crippen MR) is 68.5 cm³/mol. The maximum Gasteiger partial charge on any atom is 0.0728 e. The summed E-state index contributed by atoms with van der Waals surface area (Å²) in [4.78, 5) is 0. The van der Waals surface area contributed by atoms with Crippen LogP contribution in [-0.2, 0) is 6.42 Å². The number of aryl methyl sites for hydroxylation is 1. The molecule has 76 valence electrons. The molecule has 0 bridgehead atoms. The van der Waals surface area contributed by atoms with E-state index in [0.29, 0.717) is 0 Å². The van der Waals surface area contributed by atoms with Gasteiger partial charge in [0.25, 0.3) is 0 Å². The molecule has 0 fully saturated rings. The average Bonchev–Trinajstić information content (AvgIpc) is 2.20. The van der Waals surface area contributed by atoms with Crippen molar-refractivity contribution in [3.63, 3.8) is 0 Å². The van der Waals surface area contributed by atoms with Gasteiger partial charge in [-0.2, -0.15) is 0 Å². The Bertz CT molecular complexity index is 269. The fourth-order valence-corrected chi connectivity index (χ4v) is 1.82. The molecule has 1 nitrogen and oxygen atoms in total. The van der Waals surface area contributed by atoms with Crippen LogP contribution in [0.1, 0.15) is 18.4 Å². The van der Waals surface area contributed by atoms with Crippen molar-refractivity contribution in [2.45, 2.75) is 25.4 Å². The standard InChI is InChI=1S/C12H15IO/c13-10-9-12(14)8-4-7-11-5-2-1-3-6-11/h1-3,5-6,9-10,12,14H,4,7-8H2/b10-9+. The van der Waals surface area contributed by atoms with Crippen LogP contribution in [0.15, 0.2) is 40.5 Å². The third-order valence-corrected chi connectivity index (χ3v) is 2.52. The lowest BCUT2D eigenvalue weighted by Crippen LogP contribution is -2.01. The van der Waals surface area contributed by atoms with Gasteiger partial charge in [0.15, 0.2) is 0 Å². The molecule has 0 saturated carbocycles. The van der Waals surface area contributed by atoms with Crippen LogP contribution in [-0.4, -0.2) is 11.2 Å². The molecule has 1 rings (SSSR count). The quantitative estimate of drug-likeness (QED) is 0.827. The molecular weight excluding hydrogens is 287 g/mol. The molecule has 0 aromatic heterocycles. The summed E-state index contributed by atoms with van der Waals surface area (Å²) in [6.07, 6.45) is 4.47. The molecule has 0 saturated heterocycles. The van der Waals surface area contributed by atoms with Crippen molar-refractivity contribution < 1.29 is 5.11 Å². The Kier molecular flexibility index (Phi) is 5.87. The van der Waals surface area contributed by atoms with Gasteiger partial charge in [0.2, 0.25) is 0 Å². The average molecular weight is 302 g/mol. The van der Waals surface area contributed by atoms with Crippen LogP contribution < -0.4 is 0 Å². The van der Waals surface area contributed by atoms with Gasteiger partial charge in [0.05, 0.1) is 6.10 Å². The maximum absolute atomic E-state index is 9.44. The Balaban J connectivity index is 2.22. The van der Waals surface area contributed by atoms with Gasteiger partial charge in [0.1, 0.15) is 0 Å². The van der Waals surface area contributed by atoms with Crippen LogP contribution in [0.25, 0.3) is 0 Å². The van der Waals surface area contributed by atoms with Gasteiger partial charge in [-0.05, 0) is 28.9 Å². The molecule has 1 aromatic carbocycles. The smallest absolute Gasteiger partial charge is 0.0728 e. The summed E-state index contributed by atoms with van der Waals surface area (Å²) < 4.78 is 1.87. The first-order valence-electron chi connectivity index (χ1n) is 4.82. The third kappa shape index (κ3) is 4.77. The topological polar surface area (TPSA) is 20.2 Å². The monoisotopic (exact) mass is 302 g/mol. The summed E-state index contributed by atoms with van der Waals surface area (Å²) in [5.41, 5.74) is 1.35. The number of hydrogen-bond donors (Lipinski definition) is 1. The zero-order valence-corrected chi connectivity index (χ0v) is 10.2. The Morgan fingerprint density at radius 1 is 1.29 bits per heavy atom. The summed E-state index contributed by atoms with van der Waals surface area (Å²) in [5.74, 6) is 0. The van der Waals surface area contributed by atoms with Crippen molar-refractivity contribution in [2.24, 2.45) is 0 Å². The molecule has 0 amide bonds. The second-order valence-corrected chi connectivity index (χ2v) is 3.98. The predicted octanol–water partition coefficient (Wildman–Crippen LogP) is 3.32. The Morgan fingerprint density at radius 3 is 2.64 bits per heavy atom. The highest BCUT2D eigenvalue weighted by Gasteiger charge is 1.98. The minimum Gasteiger partial charge on any atom is -0.389 e. The number of aliphatic hydroxyl groups is 1. The molecule has 1 unspecified atom stereocenters. The zero-order valence-electron chi connectivity index (χ0n) is 8.07. The number of hydrogen-bond acceptors (Lipinski definition) is 1. The highest BCUT2D eigenvalue weighted by Crippen LogP contribution is 2.07. The summed E-state index contributed by atoms with van der Waals surface area (Å²) in [5, 5.41) is 9.44. The lowest BCUT2D eigenvalue weighted by molar-refractivity contribution is 0.210. The molecule has 1 aromatic rings. The zero-order chi connectivity index (χ0) is 10.2. The number of aliphatic hydroxyl groups excluding tert-OH is 1. The van der Waals surface area contributed by atoms with Gasteiger partial charge in [0, 0.05) is 0 Å². The fraction of sp³-hybridized carbons (Fsp3) is 0.333. The van der Waals surface area contributed by atoms with E-state index in [-0.39, 0.29) is 6.10 Å². The van der Waals surface area contributed by atoms with Crippen LogP contribution in [0.4, 0.5) is 0 Å². The highest BCUT2D eigenvalue weighted by molar-refractivity contribution is 14.1. The molecule has 1 atom stereocenters. The third-order valence-electron chi connectivity index (χ3n) is 2.10. The first kappa shape index (κ1) is 11.7. The van der Waals surface area contributed by atoms with E-state index in [0.717, 1.165) is 19.3 Å². The van der Waals surface area contributed by atoms with Gasteiger partial charge >= 0.3 is 0 Å². The van der Waals surface area contributed by atoms with E-state index in [1.165, 1.54) is 5.56 Å². The van der Waals surface area contributed by atoms with Crippen molar-refractivity contribution in [1.29, 1.82) is 0 Å². The fourth-order valence-electron chi connectivity index (χ4n) is 1.34. The summed E-state index contributed by atoms with van der Waals surface area (Å²) >= 11 is 2.13. The van der Waals surface area contributed by atoms with E-state index in [2.05, 4.69) is 46.9 Å². The van der Waals surface area contributed by atoms with Gasteiger partial charge in [-0.25, -0.2) is 0 Å². The molecule has 14 heavy (non-hydrogen) atoms. The lowest BCUT2D eigenvalue weighted by Gasteiger charge is -2.04. The van der Waals surface area contributed by atoms with Gasteiger partial charge in [-0.1, -0.05) is 59.0 Å². The normalized spacial score (nSPS) is 13.3. The van der Waals surface area contributed by atoms with E-state index < -0.39 is 0 Å². The van der Waals surface area contributed by atoms with Crippen LogP contribution in [0.5, 0.6) is 0 Å². The first-order chi connectivity index (χ1) is 6.83. The van der Waals surface area contributed by atoms with Crippen molar-refractivity contribution >= 4 is 22.6 Å². The molecule has 0 aliphatic carbocycles. The molecule has 0 spiro atoms. The minimum atomic E-state index is -0.282. The molecule has 0 aliphatic rings. The number of benzene rings is 1. The van der Waals surface area contributed by atoms with E-state index in [4.69, 9.17) is 0 Å². The van der Waals surface area contributed by atoms with Crippen LogP contribution in [0.3, 0.4) is 0 Å². The second-order valence-electron chi connectivity index (χ2n) is 3.26. The Morgan fingerprint density at radius 2 is 2.00 bits per heavy atom. The first-order valence-corrected chi connectivity index (χ1v) is 6.06. The molecule has 0 radical (unpaired) electrons. The molecule has 0 heterocycles. The lowest BCUT2D eigenvalue weighted by atomic mass is 10.1. The summed E-state index contributed by atoms with van der Waals surface area (Å²) in [7, 11) is 0. The number of rotatable bonds is 5. The maximum atomic E-state index is 9.44. The van der Waals surface area contributed by atoms with E-state index in [9.17, 15) is 5.11 Å². The largest absolute Gasteiger partial charge is 0.389 e. The van der Waals surface area contributed by atoms with Crippen molar-refractivity contribution in [3.05, 3.63) is 46.1 Å². The van der Waals surface area contributed by atoms with Crippen LogP contribution >= 0.6 is 22.6 Å². The van der Waals surface area contributed by atoms with Crippen molar-refractivity contribution in [2.75, 3.05) is 0 Å². The summed E-state index contributed by atoms with van der Waals surface area (Å²) in [6, 6.07) is 10.4. The van der Waals surface area contributed by atoms with Crippen LogP contribution in [0, 0.1) is 0 Å². The minimum absolute atomic E-state index is 0.282. The van der Waals surface area contributed by atoms with Gasteiger partial charge in [-0.15, -0.1) is 0 Å². The Labute approximate surface area is 99.0 Å². The highest BCUT2D eigenvalue weighted by atomic mass is 127. The molecule has 2 heteroatoms. The second kappa shape index (κ2) is 7.01. The van der Waals surface area contributed by atoms with Gasteiger partial charge in [-0.3, -0.25) is 0 Å². The molecule has 0 aliphatic heterocycles. The van der Waals surface area contributed by atoms with E-state index in [1.54, 1.807) is 0 Å². The Hall–Kier alpha value is -0.350. The SMILES string of the molecule is OC(/C=C/I)CCCc1ccccc1. The summed E-state index contributed by atoms with van der Waals surface area (Å²) in [6.45, 7) is 0. The molecule has 1 N–H and O–H groups in total. The van der Waals surface area contributed by atoms with Crippen molar-refractivity contribution in [1.82, 2.24) is 0 Å². The van der Waals surface area contributed by atoms with Crippen molar-refractivity contribution in [3.8, 4) is 0 Å².